The summed E-state index contributed by atoms with van der Waals surface area (Å²) in [5.41, 5.74) is 1.18. The van der Waals surface area contributed by atoms with Gasteiger partial charge in [0.05, 0.1) is 0 Å². The van der Waals surface area contributed by atoms with Crippen LogP contribution < -0.4 is 4.74 Å². The van der Waals surface area contributed by atoms with E-state index >= 15 is 0 Å². The molecular formula is C24H27BrN2O3. The van der Waals surface area contributed by atoms with E-state index in [1.165, 1.54) is 37.7 Å². The number of carbonyl (C=O) groups is 1. The van der Waals surface area contributed by atoms with Crippen LogP contribution >= 0.6 is 15.9 Å². The largest absolute Gasteiger partial charge is 0.484 e. The summed E-state index contributed by atoms with van der Waals surface area (Å²) in [5.74, 6) is 0.904. The molecule has 0 spiro atoms. The minimum absolute atomic E-state index is 0.182. The van der Waals surface area contributed by atoms with Gasteiger partial charge in [-0.3, -0.25) is 4.79 Å². The molecule has 0 aromatic heterocycles. The Kier molecular flexibility index (Phi) is 6.25. The second-order valence-electron chi connectivity index (χ2n) is 8.23. The van der Waals surface area contributed by atoms with E-state index in [1.807, 2.05) is 31.2 Å². The number of ether oxygens (including phenoxy) is 1. The van der Waals surface area contributed by atoms with E-state index in [4.69, 9.17) is 4.74 Å². The summed E-state index contributed by atoms with van der Waals surface area (Å²) in [6, 6.07) is 15.3. The number of rotatable bonds is 5. The zero-order valence-corrected chi connectivity index (χ0v) is 18.8. The minimum atomic E-state index is -1.49. The fourth-order valence-electron chi connectivity index (χ4n) is 4.40. The van der Waals surface area contributed by atoms with Gasteiger partial charge in [-0.2, -0.15) is 10.1 Å². The van der Waals surface area contributed by atoms with Crippen LogP contribution in [0.3, 0.4) is 0 Å². The van der Waals surface area contributed by atoms with Gasteiger partial charge in [-0.05, 0) is 55.5 Å². The van der Waals surface area contributed by atoms with Crippen molar-refractivity contribution in [2.24, 2.45) is 5.10 Å². The second-order valence-corrected chi connectivity index (χ2v) is 9.15. The first-order valence-corrected chi connectivity index (χ1v) is 11.3. The SMILES string of the molecule is CC1=NN(C(=O)COc2ccc(C3CCCCC3)cc2)[C@@](O)(c2ccc(Br)cc2)C1. The van der Waals surface area contributed by atoms with E-state index in [2.05, 4.69) is 33.2 Å². The topological polar surface area (TPSA) is 62.1 Å². The lowest BCUT2D eigenvalue weighted by molar-refractivity contribution is -0.159. The molecule has 0 radical (unpaired) electrons. The number of carbonyl (C=O) groups excluding carboxylic acids is 1. The molecule has 1 saturated carbocycles. The van der Waals surface area contributed by atoms with Crippen molar-refractivity contribution in [2.75, 3.05) is 6.61 Å². The molecule has 4 rings (SSSR count). The normalized spacial score (nSPS) is 22.1. The Bertz CT molecular complexity index is 920. The third kappa shape index (κ3) is 4.44. The van der Waals surface area contributed by atoms with Crippen LogP contribution in [0.15, 0.2) is 58.1 Å². The Morgan fingerprint density at radius 2 is 1.80 bits per heavy atom. The van der Waals surface area contributed by atoms with E-state index < -0.39 is 5.72 Å². The molecule has 1 fully saturated rings. The summed E-state index contributed by atoms with van der Waals surface area (Å²) in [6.45, 7) is 1.63. The van der Waals surface area contributed by atoms with Crippen molar-refractivity contribution in [2.45, 2.75) is 57.1 Å². The van der Waals surface area contributed by atoms with E-state index in [0.29, 0.717) is 22.9 Å². The van der Waals surface area contributed by atoms with Crippen LogP contribution in [0.4, 0.5) is 0 Å². The molecule has 1 heterocycles. The molecule has 1 aliphatic carbocycles. The highest BCUT2D eigenvalue weighted by Gasteiger charge is 2.44. The van der Waals surface area contributed by atoms with Gasteiger partial charge in [0.1, 0.15) is 5.75 Å². The number of hydrazone groups is 1. The van der Waals surface area contributed by atoms with Gasteiger partial charge in [0.25, 0.3) is 5.91 Å². The molecule has 158 valence electrons. The number of halogens is 1. The van der Waals surface area contributed by atoms with Crippen LogP contribution in [0.1, 0.15) is 62.5 Å². The second kappa shape index (κ2) is 8.90. The van der Waals surface area contributed by atoms with E-state index in [-0.39, 0.29) is 18.9 Å². The molecule has 5 nitrogen and oxygen atoms in total. The summed E-state index contributed by atoms with van der Waals surface area (Å²) in [7, 11) is 0. The molecule has 0 saturated heterocycles. The third-order valence-electron chi connectivity index (χ3n) is 5.99. The van der Waals surface area contributed by atoms with Crippen molar-refractivity contribution in [3.05, 3.63) is 64.1 Å². The summed E-state index contributed by atoms with van der Waals surface area (Å²) in [6.07, 6.45) is 6.71. The van der Waals surface area contributed by atoms with Gasteiger partial charge in [-0.25, -0.2) is 0 Å². The Morgan fingerprint density at radius 1 is 1.13 bits per heavy atom. The Balaban J connectivity index is 1.41. The number of amides is 1. The first kappa shape index (κ1) is 21.1. The van der Waals surface area contributed by atoms with E-state index in [1.54, 1.807) is 12.1 Å². The maximum absolute atomic E-state index is 12.9. The summed E-state index contributed by atoms with van der Waals surface area (Å²) < 4.78 is 6.63. The van der Waals surface area contributed by atoms with E-state index in [0.717, 1.165) is 9.48 Å². The van der Waals surface area contributed by atoms with Crippen molar-refractivity contribution in [1.82, 2.24) is 5.01 Å². The van der Waals surface area contributed by atoms with Gasteiger partial charge in [0.15, 0.2) is 12.3 Å². The molecule has 1 N–H and O–H groups in total. The summed E-state index contributed by atoms with van der Waals surface area (Å²) >= 11 is 3.40. The molecule has 1 atom stereocenters. The first-order valence-electron chi connectivity index (χ1n) is 10.5. The molecule has 0 unspecified atom stereocenters. The fourth-order valence-corrected chi connectivity index (χ4v) is 4.67. The predicted molar refractivity (Wildman–Crippen MR) is 120 cm³/mol. The quantitative estimate of drug-likeness (QED) is 0.642. The monoisotopic (exact) mass is 470 g/mol. The van der Waals surface area contributed by atoms with Gasteiger partial charge >= 0.3 is 0 Å². The van der Waals surface area contributed by atoms with Crippen molar-refractivity contribution in [3.63, 3.8) is 0 Å². The van der Waals surface area contributed by atoms with Gasteiger partial charge in [0, 0.05) is 22.2 Å². The maximum atomic E-state index is 12.9. The number of hydrogen-bond acceptors (Lipinski definition) is 4. The smallest absolute Gasteiger partial charge is 0.283 e. The number of benzene rings is 2. The highest BCUT2D eigenvalue weighted by Crippen LogP contribution is 2.36. The lowest BCUT2D eigenvalue weighted by atomic mass is 9.84. The number of hydrogen-bond donors (Lipinski definition) is 1. The zero-order chi connectivity index (χ0) is 21.1. The van der Waals surface area contributed by atoms with Crippen LogP contribution in [-0.2, 0) is 10.5 Å². The highest BCUT2D eigenvalue weighted by atomic mass is 79.9. The van der Waals surface area contributed by atoms with Gasteiger partial charge in [-0.1, -0.05) is 59.5 Å². The average Bonchev–Trinajstić information content (AvgIpc) is 3.08. The lowest BCUT2D eigenvalue weighted by Crippen LogP contribution is -2.45. The van der Waals surface area contributed by atoms with Gasteiger partial charge in [-0.15, -0.1) is 0 Å². The Morgan fingerprint density at radius 3 is 2.47 bits per heavy atom. The summed E-state index contributed by atoms with van der Waals surface area (Å²) in [5, 5.41) is 16.7. The summed E-state index contributed by atoms with van der Waals surface area (Å²) in [4.78, 5) is 12.9. The average molecular weight is 471 g/mol. The molecule has 2 aromatic carbocycles. The zero-order valence-electron chi connectivity index (χ0n) is 17.2. The molecule has 30 heavy (non-hydrogen) atoms. The first-order chi connectivity index (χ1) is 14.5. The minimum Gasteiger partial charge on any atom is -0.484 e. The van der Waals surface area contributed by atoms with Crippen LogP contribution in [0, 0.1) is 0 Å². The molecule has 1 amide bonds. The maximum Gasteiger partial charge on any atom is 0.283 e. The van der Waals surface area contributed by atoms with Crippen molar-refractivity contribution in [1.29, 1.82) is 0 Å². The van der Waals surface area contributed by atoms with Crippen LogP contribution in [-0.4, -0.2) is 28.3 Å². The predicted octanol–water partition coefficient (Wildman–Crippen LogP) is 5.33. The Hall–Kier alpha value is -2.18. The van der Waals surface area contributed by atoms with Gasteiger partial charge in [0.2, 0.25) is 0 Å². The van der Waals surface area contributed by atoms with Crippen molar-refractivity contribution in [3.8, 4) is 5.75 Å². The van der Waals surface area contributed by atoms with Crippen LogP contribution in [0.2, 0.25) is 0 Å². The molecular weight excluding hydrogens is 444 g/mol. The van der Waals surface area contributed by atoms with Crippen LogP contribution in [0.25, 0.3) is 0 Å². The highest BCUT2D eigenvalue weighted by molar-refractivity contribution is 9.10. The Labute approximate surface area is 185 Å². The number of nitrogens with zero attached hydrogens (tertiary/aromatic N) is 2. The molecule has 1 aliphatic heterocycles. The van der Waals surface area contributed by atoms with Gasteiger partial charge < -0.3 is 9.84 Å². The lowest BCUT2D eigenvalue weighted by Gasteiger charge is -2.31. The molecule has 2 aliphatic rings. The standard InChI is InChI=1S/C24H27BrN2O3/c1-17-15-24(29,20-9-11-21(25)12-10-20)27(26-17)23(28)16-30-22-13-7-19(8-14-22)18-5-3-2-4-6-18/h7-14,18,29H,2-6,15-16H2,1H3/t24-/m0/s1. The van der Waals surface area contributed by atoms with E-state index in [9.17, 15) is 9.90 Å². The molecule has 6 heteroatoms. The third-order valence-corrected chi connectivity index (χ3v) is 6.51. The molecule has 0 bridgehead atoms. The molecule has 2 aromatic rings. The fraction of sp³-hybridized carbons (Fsp3) is 0.417. The number of aliphatic hydroxyl groups is 1. The van der Waals surface area contributed by atoms with Crippen molar-refractivity contribution >= 4 is 27.5 Å². The van der Waals surface area contributed by atoms with Crippen molar-refractivity contribution < 1.29 is 14.6 Å². The van der Waals surface area contributed by atoms with Crippen LogP contribution in [0.5, 0.6) is 5.75 Å².